The smallest absolute Gasteiger partial charge is 0.243 e. The Hall–Kier alpha value is -1.93. The summed E-state index contributed by atoms with van der Waals surface area (Å²) in [6.07, 6.45) is 0.993. The van der Waals surface area contributed by atoms with Crippen molar-refractivity contribution in [3.05, 3.63) is 59.1 Å². The van der Waals surface area contributed by atoms with Crippen LogP contribution in [0.5, 0.6) is 0 Å². The monoisotopic (exact) mass is 463 g/mol. The van der Waals surface area contributed by atoms with Crippen LogP contribution in [0.2, 0.25) is 5.02 Å². The van der Waals surface area contributed by atoms with Crippen LogP contribution in [0, 0.1) is 0 Å². The van der Waals surface area contributed by atoms with Gasteiger partial charge in [-0.05, 0) is 55.2 Å². The number of piperazine rings is 1. The van der Waals surface area contributed by atoms with E-state index in [0.717, 1.165) is 17.7 Å². The average molecular weight is 464 g/mol. The van der Waals surface area contributed by atoms with Crippen LogP contribution in [-0.4, -0.2) is 55.8 Å². The van der Waals surface area contributed by atoms with Crippen molar-refractivity contribution in [1.29, 1.82) is 0 Å². The van der Waals surface area contributed by atoms with E-state index in [1.165, 1.54) is 16.4 Å². The molecular formula is C23H30ClN3O3S. The lowest BCUT2D eigenvalue weighted by atomic mass is 9.97. The molecule has 6 nitrogen and oxygen atoms in total. The number of rotatable bonds is 7. The van der Waals surface area contributed by atoms with Gasteiger partial charge in [-0.2, -0.15) is 4.31 Å². The molecule has 0 saturated carbocycles. The van der Waals surface area contributed by atoms with E-state index in [1.807, 2.05) is 30.0 Å². The van der Waals surface area contributed by atoms with E-state index in [2.05, 4.69) is 25.2 Å². The molecule has 2 aromatic rings. The molecule has 2 aromatic carbocycles. The van der Waals surface area contributed by atoms with E-state index in [0.29, 0.717) is 37.1 Å². The molecule has 1 fully saturated rings. The third-order valence-corrected chi connectivity index (χ3v) is 8.18. The highest BCUT2D eigenvalue weighted by atomic mass is 35.5. The number of benzene rings is 2. The molecule has 1 aliphatic rings. The Morgan fingerprint density at radius 3 is 2.26 bits per heavy atom. The van der Waals surface area contributed by atoms with E-state index < -0.39 is 10.0 Å². The normalized spacial score (nSPS) is 17.8. The lowest BCUT2D eigenvalue weighted by Gasteiger charge is -2.36. The van der Waals surface area contributed by atoms with E-state index in [9.17, 15) is 13.2 Å². The number of hydrogen-bond acceptors (Lipinski definition) is 4. The molecule has 0 radical (unpaired) electrons. The second kappa shape index (κ2) is 10.1. The van der Waals surface area contributed by atoms with Gasteiger partial charge in [-0.15, -0.1) is 0 Å². The largest absolute Gasteiger partial charge is 0.324 e. The van der Waals surface area contributed by atoms with Crippen LogP contribution < -0.4 is 5.32 Å². The maximum atomic E-state index is 12.9. The van der Waals surface area contributed by atoms with Gasteiger partial charge >= 0.3 is 0 Å². The van der Waals surface area contributed by atoms with Crippen LogP contribution in [0.25, 0.3) is 0 Å². The summed E-state index contributed by atoms with van der Waals surface area (Å²) in [4.78, 5) is 15.2. The molecule has 168 valence electrons. The summed E-state index contributed by atoms with van der Waals surface area (Å²) in [5.41, 5.74) is 1.97. The van der Waals surface area contributed by atoms with Gasteiger partial charge in [0.05, 0.1) is 10.9 Å². The van der Waals surface area contributed by atoms with Gasteiger partial charge in [0.1, 0.15) is 0 Å². The van der Waals surface area contributed by atoms with Gasteiger partial charge in [-0.3, -0.25) is 9.69 Å². The fourth-order valence-corrected chi connectivity index (χ4v) is 5.30. The molecule has 1 N–H and O–H groups in total. The van der Waals surface area contributed by atoms with Crippen molar-refractivity contribution in [2.24, 2.45) is 0 Å². The molecule has 0 aromatic heterocycles. The molecule has 1 amide bonds. The quantitative estimate of drug-likeness (QED) is 0.668. The number of carbonyl (C=O) groups is 1. The highest BCUT2D eigenvalue weighted by molar-refractivity contribution is 7.89. The molecule has 1 saturated heterocycles. The summed E-state index contributed by atoms with van der Waals surface area (Å²) in [6.45, 7) is 7.81. The van der Waals surface area contributed by atoms with Gasteiger partial charge in [-0.1, -0.05) is 43.6 Å². The fourth-order valence-electron chi connectivity index (χ4n) is 3.75. The fraction of sp³-hybridized carbons (Fsp3) is 0.435. The van der Waals surface area contributed by atoms with Crippen molar-refractivity contribution in [2.45, 2.75) is 44.0 Å². The SMILES string of the molecule is CC[C@H](C)c1ccccc1NC(=O)[C@H](C)N1CCN(S(=O)(=O)c2ccc(Cl)cc2)CC1. The predicted octanol–water partition coefficient (Wildman–Crippen LogP) is 4.19. The molecule has 1 heterocycles. The van der Waals surface area contributed by atoms with Crippen molar-refractivity contribution in [3.63, 3.8) is 0 Å². The maximum absolute atomic E-state index is 12.9. The third kappa shape index (κ3) is 5.47. The van der Waals surface area contributed by atoms with Crippen molar-refractivity contribution in [1.82, 2.24) is 9.21 Å². The molecule has 2 atom stereocenters. The number of amides is 1. The number of anilines is 1. The topological polar surface area (TPSA) is 69.7 Å². The first kappa shape index (κ1) is 23.7. The summed E-state index contributed by atoms with van der Waals surface area (Å²) in [7, 11) is -3.57. The van der Waals surface area contributed by atoms with Crippen LogP contribution in [0.4, 0.5) is 5.69 Å². The highest BCUT2D eigenvalue weighted by Gasteiger charge is 2.32. The van der Waals surface area contributed by atoms with Crippen LogP contribution in [-0.2, 0) is 14.8 Å². The second-order valence-corrected chi connectivity index (χ2v) is 10.3. The zero-order chi connectivity index (χ0) is 22.6. The van der Waals surface area contributed by atoms with Crippen LogP contribution in [0.1, 0.15) is 38.7 Å². The van der Waals surface area contributed by atoms with E-state index in [4.69, 9.17) is 11.6 Å². The average Bonchev–Trinajstić information content (AvgIpc) is 2.78. The molecule has 3 rings (SSSR count). The molecule has 0 spiro atoms. The van der Waals surface area contributed by atoms with Crippen LogP contribution in [0.3, 0.4) is 0 Å². The van der Waals surface area contributed by atoms with Crippen molar-refractivity contribution in [3.8, 4) is 0 Å². The Labute approximate surface area is 190 Å². The van der Waals surface area contributed by atoms with Crippen LogP contribution >= 0.6 is 11.6 Å². The van der Waals surface area contributed by atoms with Crippen molar-refractivity contribution >= 4 is 33.2 Å². The molecular weight excluding hydrogens is 434 g/mol. The Morgan fingerprint density at radius 2 is 1.65 bits per heavy atom. The summed E-state index contributed by atoms with van der Waals surface area (Å²) in [5.74, 6) is 0.276. The third-order valence-electron chi connectivity index (χ3n) is 6.01. The minimum absolute atomic E-state index is 0.0789. The van der Waals surface area contributed by atoms with Gasteiger partial charge in [-0.25, -0.2) is 8.42 Å². The van der Waals surface area contributed by atoms with Gasteiger partial charge in [0, 0.05) is 36.9 Å². The first-order valence-electron chi connectivity index (χ1n) is 10.6. The number of hydrogen-bond donors (Lipinski definition) is 1. The van der Waals surface area contributed by atoms with E-state index in [1.54, 1.807) is 12.1 Å². The lowest BCUT2D eigenvalue weighted by Crippen LogP contribution is -2.53. The first-order valence-corrected chi connectivity index (χ1v) is 12.5. The van der Waals surface area contributed by atoms with Crippen LogP contribution in [0.15, 0.2) is 53.4 Å². The van der Waals surface area contributed by atoms with Crippen molar-refractivity contribution < 1.29 is 13.2 Å². The highest BCUT2D eigenvalue weighted by Crippen LogP contribution is 2.27. The maximum Gasteiger partial charge on any atom is 0.243 e. The summed E-state index contributed by atoms with van der Waals surface area (Å²) < 4.78 is 27.2. The Morgan fingerprint density at radius 1 is 1.03 bits per heavy atom. The van der Waals surface area contributed by atoms with Gasteiger partial charge < -0.3 is 5.32 Å². The molecule has 31 heavy (non-hydrogen) atoms. The predicted molar refractivity (Wildman–Crippen MR) is 125 cm³/mol. The zero-order valence-corrected chi connectivity index (χ0v) is 19.8. The number of para-hydroxylation sites is 1. The molecule has 0 bridgehead atoms. The van der Waals surface area contributed by atoms with E-state index in [-0.39, 0.29) is 16.8 Å². The second-order valence-electron chi connectivity index (χ2n) is 7.96. The summed E-state index contributed by atoms with van der Waals surface area (Å²) in [6, 6.07) is 13.7. The number of sulfonamides is 1. The molecule has 0 unspecified atom stereocenters. The standard InChI is InChI=1S/C23H30ClN3O3S/c1-4-17(2)21-7-5-6-8-22(21)25-23(28)18(3)26-13-15-27(16-14-26)31(29,30)20-11-9-19(24)10-12-20/h5-12,17-18H,4,13-16H2,1-3H3,(H,25,28)/t17-,18-/m0/s1. The first-order chi connectivity index (χ1) is 14.7. The summed E-state index contributed by atoms with van der Waals surface area (Å²) >= 11 is 5.87. The van der Waals surface area contributed by atoms with Gasteiger partial charge in [0.15, 0.2) is 0 Å². The lowest BCUT2D eigenvalue weighted by molar-refractivity contribution is -0.121. The molecule has 0 aliphatic carbocycles. The number of nitrogens with zero attached hydrogens (tertiary/aromatic N) is 2. The van der Waals surface area contributed by atoms with E-state index >= 15 is 0 Å². The molecule has 8 heteroatoms. The summed E-state index contributed by atoms with van der Waals surface area (Å²) in [5, 5.41) is 3.57. The number of nitrogens with one attached hydrogen (secondary N) is 1. The minimum Gasteiger partial charge on any atom is -0.324 e. The van der Waals surface area contributed by atoms with Crippen molar-refractivity contribution in [2.75, 3.05) is 31.5 Å². The van der Waals surface area contributed by atoms with Gasteiger partial charge in [0.2, 0.25) is 15.9 Å². The Kier molecular flexibility index (Phi) is 7.75. The number of carbonyl (C=O) groups excluding carboxylic acids is 1. The van der Waals surface area contributed by atoms with Gasteiger partial charge in [0.25, 0.3) is 0 Å². The minimum atomic E-state index is -3.57. The zero-order valence-electron chi connectivity index (χ0n) is 18.2. The Balaban J connectivity index is 1.62. The Bertz CT molecular complexity index is 1000. The number of halogens is 1. The molecule has 1 aliphatic heterocycles.